The first-order valence-corrected chi connectivity index (χ1v) is 7.49. The van der Waals surface area contributed by atoms with Crippen LogP contribution in [0, 0.1) is 6.07 Å². The van der Waals surface area contributed by atoms with Crippen LogP contribution in [0.5, 0.6) is 0 Å². The molecule has 0 saturated carbocycles. The minimum Gasteiger partial charge on any atom is -0.477 e. The van der Waals surface area contributed by atoms with Crippen LogP contribution in [0.4, 0.5) is 0 Å². The second-order valence-electron chi connectivity index (χ2n) is 5.90. The van der Waals surface area contributed by atoms with E-state index < -0.39 is 11.4 Å². The van der Waals surface area contributed by atoms with Crippen LogP contribution >= 0.6 is 0 Å². The molecule has 1 N–H and O–H groups in total. The summed E-state index contributed by atoms with van der Waals surface area (Å²) in [5.41, 5.74) is 2.60. The molecule has 0 aromatic carbocycles. The fourth-order valence-electron chi connectivity index (χ4n) is 2.44. The smallest absolute Gasteiger partial charge is 0.354 e. The van der Waals surface area contributed by atoms with Crippen molar-refractivity contribution in [1.29, 1.82) is 0 Å². The Kier molecular flexibility index (Phi) is 5.80. The van der Waals surface area contributed by atoms with Crippen molar-refractivity contribution in [2.45, 2.75) is 19.3 Å². The molecule has 0 saturated heterocycles. The van der Waals surface area contributed by atoms with Crippen LogP contribution in [0.3, 0.4) is 0 Å². The molecule has 0 aliphatic heterocycles. The number of carbonyl (C=O) groups is 1. The molecule has 0 aliphatic carbocycles. The average molecular weight is 513 g/mol. The van der Waals surface area contributed by atoms with Crippen molar-refractivity contribution in [3.63, 3.8) is 0 Å². The summed E-state index contributed by atoms with van der Waals surface area (Å²) in [4.78, 5) is 24.1. The van der Waals surface area contributed by atoms with E-state index in [0.29, 0.717) is 5.69 Å². The predicted molar refractivity (Wildman–Crippen MR) is 89.6 cm³/mol. The van der Waals surface area contributed by atoms with Crippen molar-refractivity contribution in [3.05, 3.63) is 78.0 Å². The summed E-state index contributed by atoms with van der Waals surface area (Å²) in [6.07, 6.45) is 3.30. The van der Waals surface area contributed by atoms with Crippen LogP contribution in [0.2, 0.25) is 0 Å². The molecule has 0 unspecified atom stereocenters. The van der Waals surface area contributed by atoms with Crippen molar-refractivity contribution in [2.24, 2.45) is 0 Å². The van der Waals surface area contributed by atoms with Gasteiger partial charge in [0.15, 0.2) is 0 Å². The number of carboxylic acids is 1. The van der Waals surface area contributed by atoms with Crippen molar-refractivity contribution in [2.75, 3.05) is 0 Å². The van der Waals surface area contributed by atoms with E-state index in [2.05, 4.69) is 16.0 Å². The zero-order chi connectivity index (χ0) is 17.2. The maximum atomic E-state index is 11.2. The Hall–Kier alpha value is -2.39. The Morgan fingerprint density at radius 2 is 1.72 bits per heavy atom. The SMILES string of the molecule is CC(C)(c1cccc(C(=O)O)n1)c1cccc(-c2[c-]cncc2)n1.[Pt]. The zero-order valence-corrected chi connectivity index (χ0v) is 16.0. The van der Waals surface area contributed by atoms with E-state index in [1.54, 1.807) is 18.5 Å². The summed E-state index contributed by atoms with van der Waals surface area (Å²) in [6.45, 7) is 3.95. The summed E-state index contributed by atoms with van der Waals surface area (Å²) >= 11 is 0. The topological polar surface area (TPSA) is 76.0 Å². The number of rotatable bonds is 4. The van der Waals surface area contributed by atoms with Gasteiger partial charge in [0.1, 0.15) is 5.69 Å². The van der Waals surface area contributed by atoms with E-state index in [0.717, 1.165) is 17.0 Å². The van der Waals surface area contributed by atoms with Crippen molar-refractivity contribution >= 4 is 5.97 Å². The second kappa shape index (κ2) is 7.66. The molecule has 3 heterocycles. The van der Waals surface area contributed by atoms with E-state index in [1.807, 2.05) is 44.2 Å². The minimum atomic E-state index is -1.04. The van der Waals surface area contributed by atoms with Crippen molar-refractivity contribution < 1.29 is 31.0 Å². The van der Waals surface area contributed by atoms with Gasteiger partial charge in [-0.25, -0.2) is 9.78 Å². The van der Waals surface area contributed by atoms with E-state index in [-0.39, 0.29) is 26.8 Å². The molecule has 5 nitrogen and oxygen atoms in total. The largest absolute Gasteiger partial charge is 0.477 e. The van der Waals surface area contributed by atoms with Crippen molar-refractivity contribution in [1.82, 2.24) is 15.0 Å². The summed E-state index contributed by atoms with van der Waals surface area (Å²) in [7, 11) is 0. The maximum absolute atomic E-state index is 11.2. The fraction of sp³-hybridized carbons (Fsp3) is 0.158. The Labute approximate surface area is 160 Å². The Morgan fingerprint density at radius 1 is 1.04 bits per heavy atom. The summed E-state index contributed by atoms with van der Waals surface area (Å²) < 4.78 is 0. The standard InChI is InChI=1S/C19H16N3O2.Pt/c1-19(2,17-8-4-6-15(22-17)18(23)24)16-7-3-5-14(21-16)13-9-11-20-12-10-13;/h3-9,11-12H,1-2H3,(H,23,24);/q-1;. The molecule has 0 atom stereocenters. The Morgan fingerprint density at radius 3 is 2.36 bits per heavy atom. The van der Waals surface area contributed by atoms with Gasteiger partial charge in [0.25, 0.3) is 0 Å². The van der Waals surface area contributed by atoms with Gasteiger partial charge in [0, 0.05) is 32.2 Å². The van der Waals surface area contributed by atoms with E-state index in [4.69, 9.17) is 10.1 Å². The van der Waals surface area contributed by atoms with E-state index in [1.165, 1.54) is 6.07 Å². The molecule has 0 aliphatic rings. The van der Waals surface area contributed by atoms with Crippen molar-refractivity contribution in [3.8, 4) is 11.3 Å². The molecule has 0 spiro atoms. The predicted octanol–water partition coefficient (Wildman–Crippen LogP) is 3.36. The monoisotopic (exact) mass is 513 g/mol. The summed E-state index contributed by atoms with van der Waals surface area (Å²) in [6, 6.07) is 15.7. The zero-order valence-electron chi connectivity index (χ0n) is 13.7. The van der Waals surface area contributed by atoms with Crippen LogP contribution in [-0.4, -0.2) is 26.0 Å². The van der Waals surface area contributed by atoms with Gasteiger partial charge in [-0.15, -0.1) is 6.07 Å². The first-order valence-electron chi connectivity index (χ1n) is 7.49. The third-order valence-corrected chi connectivity index (χ3v) is 3.90. The Balaban J connectivity index is 0.00000225. The number of nitrogens with zero attached hydrogens (tertiary/aromatic N) is 3. The van der Waals surface area contributed by atoms with Gasteiger partial charge in [0.2, 0.25) is 0 Å². The number of hydrogen-bond acceptors (Lipinski definition) is 4. The van der Waals surface area contributed by atoms with Gasteiger partial charge >= 0.3 is 5.97 Å². The van der Waals surface area contributed by atoms with Crippen LogP contribution in [0.15, 0.2) is 54.9 Å². The first kappa shape index (κ1) is 18.9. The number of aromatic carboxylic acids is 1. The number of pyridine rings is 3. The quantitative estimate of drug-likeness (QED) is 0.542. The van der Waals surface area contributed by atoms with Gasteiger partial charge in [0.05, 0.1) is 5.69 Å². The van der Waals surface area contributed by atoms with E-state index >= 15 is 0 Å². The molecular weight excluding hydrogens is 497 g/mol. The minimum absolute atomic E-state index is 0. The average Bonchev–Trinajstić information content (AvgIpc) is 2.62. The molecule has 0 amide bonds. The first-order chi connectivity index (χ1) is 11.5. The maximum Gasteiger partial charge on any atom is 0.354 e. The molecule has 130 valence electrons. The molecule has 3 aromatic rings. The van der Waals surface area contributed by atoms with Gasteiger partial charge < -0.3 is 10.1 Å². The van der Waals surface area contributed by atoms with Gasteiger partial charge in [-0.3, -0.25) is 4.98 Å². The summed E-state index contributed by atoms with van der Waals surface area (Å²) in [5, 5.41) is 9.15. The second-order valence-corrected chi connectivity index (χ2v) is 5.90. The number of aromatic nitrogens is 3. The van der Waals surface area contributed by atoms with Crippen LogP contribution in [0.25, 0.3) is 11.3 Å². The van der Waals surface area contributed by atoms with Gasteiger partial charge in [-0.05, 0) is 50.1 Å². The van der Waals surface area contributed by atoms with Crippen LogP contribution < -0.4 is 0 Å². The normalized spacial score (nSPS) is 10.8. The molecule has 3 aromatic heterocycles. The number of hydrogen-bond donors (Lipinski definition) is 1. The summed E-state index contributed by atoms with van der Waals surface area (Å²) in [5.74, 6) is -1.04. The molecule has 3 rings (SSSR count). The molecule has 0 fully saturated rings. The van der Waals surface area contributed by atoms with Crippen LogP contribution in [-0.2, 0) is 26.5 Å². The molecule has 25 heavy (non-hydrogen) atoms. The molecule has 0 radical (unpaired) electrons. The number of carboxylic acid groups (broad SMARTS) is 1. The molecule has 6 heteroatoms. The third-order valence-electron chi connectivity index (χ3n) is 3.90. The van der Waals surface area contributed by atoms with Crippen LogP contribution in [0.1, 0.15) is 35.7 Å². The van der Waals surface area contributed by atoms with Gasteiger partial charge in [-0.2, -0.15) is 11.6 Å². The molecular formula is C19H16N3O2Pt-. The fourth-order valence-corrected chi connectivity index (χ4v) is 2.44. The van der Waals surface area contributed by atoms with Gasteiger partial charge in [-0.1, -0.05) is 18.2 Å². The van der Waals surface area contributed by atoms with E-state index in [9.17, 15) is 4.79 Å². The molecule has 0 bridgehead atoms. The Bertz CT molecular complexity index is 883. The third kappa shape index (κ3) is 3.99.